The van der Waals surface area contributed by atoms with Crippen molar-refractivity contribution >= 4 is 60.6 Å². The Bertz CT molecular complexity index is 3990. The van der Waals surface area contributed by atoms with E-state index < -0.39 is 5.41 Å². The standard InChI is InChI=1S/C69H48N2S/c1-5-19-47(20-6-1)48-33-36-53(37-34-48)71(68-44-43-67(72-68)49-21-7-2-8-22-49)65-42-39-55(56-27-13-14-29-58(56)65)50-35-41-66-61(45-50)59-30-16-18-32-64(59)70(66)54-38-40-63-60(46-54)57-28-15-17-31-62(57)69(63,51-23-9-3-10-24-51)52-25-11-4-12-26-52/h1-43,45-46,68H,44H2. The number of hydrogen-bond donors (Lipinski definition) is 0. The lowest BCUT2D eigenvalue weighted by Gasteiger charge is -2.33. The molecule has 0 bridgehead atoms. The van der Waals surface area contributed by atoms with Gasteiger partial charge < -0.3 is 9.47 Å². The van der Waals surface area contributed by atoms with Crippen LogP contribution < -0.4 is 4.90 Å². The van der Waals surface area contributed by atoms with E-state index in [2.05, 4.69) is 282 Å². The second kappa shape index (κ2) is 17.3. The summed E-state index contributed by atoms with van der Waals surface area (Å²) >= 11 is 1.96. The monoisotopic (exact) mass is 936 g/mol. The van der Waals surface area contributed by atoms with Gasteiger partial charge in [-0.2, -0.15) is 0 Å². The predicted octanol–water partition coefficient (Wildman–Crippen LogP) is 18.3. The average molecular weight is 937 g/mol. The molecular formula is C69H48N2S. The molecule has 0 fully saturated rings. The molecule has 1 unspecified atom stereocenters. The molecule has 2 aliphatic rings. The molecule has 2 heterocycles. The van der Waals surface area contributed by atoms with E-state index in [1.54, 1.807) is 0 Å². The lowest BCUT2D eigenvalue weighted by molar-refractivity contribution is 0.768. The molecule has 14 rings (SSSR count). The molecule has 2 nitrogen and oxygen atoms in total. The molecule has 0 N–H and O–H groups in total. The van der Waals surface area contributed by atoms with Gasteiger partial charge in [-0.05, 0) is 122 Å². The largest absolute Gasteiger partial charge is 0.328 e. The zero-order chi connectivity index (χ0) is 47.6. The summed E-state index contributed by atoms with van der Waals surface area (Å²) < 4.78 is 2.47. The van der Waals surface area contributed by atoms with Crippen molar-refractivity contribution in [2.75, 3.05) is 4.90 Å². The van der Waals surface area contributed by atoms with Gasteiger partial charge in [0.2, 0.25) is 0 Å². The second-order valence-corrected chi connectivity index (χ2v) is 20.3. The topological polar surface area (TPSA) is 8.17 Å². The Balaban J connectivity index is 0.892. The van der Waals surface area contributed by atoms with Crippen LogP contribution in [0.5, 0.6) is 0 Å². The van der Waals surface area contributed by atoms with Crippen LogP contribution in [-0.4, -0.2) is 9.94 Å². The number of fused-ring (bicyclic) bond motifs is 7. The van der Waals surface area contributed by atoms with Crippen molar-refractivity contribution in [2.45, 2.75) is 17.2 Å². The number of rotatable bonds is 9. The molecule has 0 saturated heterocycles. The van der Waals surface area contributed by atoms with Gasteiger partial charge in [0.1, 0.15) is 0 Å². The first kappa shape index (κ1) is 42.3. The highest BCUT2D eigenvalue weighted by atomic mass is 32.2. The Morgan fingerprint density at radius 1 is 0.389 bits per heavy atom. The summed E-state index contributed by atoms with van der Waals surface area (Å²) in [6.07, 6.45) is 3.35. The quantitative estimate of drug-likeness (QED) is 0.142. The Kier molecular flexibility index (Phi) is 10.2. The predicted molar refractivity (Wildman–Crippen MR) is 305 cm³/mol. The number of aromatic nitrogens is 1. The van der Waals surface area contributed by atoms with Crippen molar-refractivity contribution in [3.05, 3.63) is 301 Å². The Morgan fingerprint density at radius 2 is 0.958 bits per heavy atom. The number of nitrogens with zero attached hydrogens (tertiary/aromatic N) is 2. The lowest BCUT2D eigenvalue weighted by Crippen LogP contribution is -2.28. The van der Waals surface area contributed by atoms with Crippen LogP contribution in [-0.2, 0) is 5.41 Å². The summed E-state index contributed by atoms with van der Waals surface area (Å²) in [5.41, 5.74) is 19.4. The Hall–Kier alpha value is -8.63. The van der Waals surface area contributed by atoms with Crippen LogP contribution in [0.1, 0.15) is 34.2 Å². The Morgan fingerprint density at radius 3 is 1.69 bits per heavy atom. The van der Waals surface area contributed by atoms with Crippen molar-refractivity contribution in [2.24, 2.45) is 0 Å². The highest BCUT2D eigenvalue weighted by molar-refractivity contribution is 8.09. The summed E-state index contributed by atoms with van der Waals surface area (Å²) in [5, 5.41) is 5.13. The van der Waals surface area contributed by atoms with Gasteiger partial charge >= 0.3 is 0 Å². The van der Waals surface area contributed by atoms with E-state index in [1.165, 1.54) is 110 Å². The van der Waals surface area contributed by atoms with Crippen LogP contribution in [0.3, 0.4) is 0 Å². The first-order chi connectivity index (χ1) is 35.7. The number of para-hydroxylation sites is 1. The summed E-state index contributed by atoms with van der Waals surface area (Å²) in [5.74, 6) is 0. The normalized spacial score (nSPS) is 14.6. The summed E-state index contributed by atoms with van der Waals surface area (Å²) in [6, 6.07) is 98.7. The van der Waals surface area contributed by atoms with Crippen molar-refractivity contribution in [1.82, 2.24) is 4.57 Å². The molecule has 11 aromatic carbocycles. The summed E-state index contributed by atoms with van der Waals surface area (Å²) in [6.45, 7) is 0. The maximum absolute atomic E-state index is 2.58. The van der Waals surface area contributed by atoms with E-state index in [0.717, 1.165) is 12.1 Å². The van der Waals surface area contributed by atoms with Gasteiger partial charge in [-0.3, -0.25) is 0 Å². The third kappa shape index (κ3) is 6.72. The summed E-state index contributed by atoms with van der Waals surface area (Å²) in [7, 11) is 0. The minimum Gasteiger partial charge on any atom is -0.328 e. The van der Waals surface area contributed by atoms with Crippen molar-refractivity contribution in [1.29, 1.82) is 0 Å². The van der Waals surface area contributed by atoms with E-state index in [4.69, 9.17) is 0 Å². The molecule has 1 atom stereocenters. The zero-order valence-electron chi connectivity index (χ0n) is 39.6. The fourth-order valence-corrected chi connectivity index (χ4v) is 13.3. The molecular weight excluding hydrogens is 889 g/mol. The van der Waals surface area contributed by atoms with Crippen LogP contribution in [0.25, 0.3) is 76.6 Å². The maximum Gasteiger partial charge on any atom is 0.0880 e. The fourth-order valence-electron chi connectivity index (χ4n) is 12.0. The number of anilines is 2. The number of thioether (sulfide) groups is 1. The molecule has 1 aliphatic heterocycles. The van der Waals surface area contributed by atoms with Gasteiger partial charge in [0.25, 0.3) is 0 Å². The lowest BCUT2D eigenvalue weighted by atomic mass is 9.68. The molecule has 0 spiro atoms. The van der Waals surface area contributed by atoms with Crippen LogP contribution in [0, 0.1) is 0 Å². The minimum absolute atomic E-state index is 0.181. The SMILES string of the molecule is C1=C(c2ccccc2)SC(N(c2ccc(-c3ccccc3)cc2)c2ccc(-c3ccc4c(c3)c3ccccc3n4-c3ccc4c(c3)-c3ccccc3C4(c3ccccc3)c3ccccc3)c3ccccc23)C1. The minimum atomic E-state index is -0.441. The van der Waals surface area contributed by atoms with E-state index in [-0.39, 0.29) is 5.37 Å². The number of hydrogen-bond acceptors (Lipinski definition) is 2. The molecule has 72 heavy (non-hydrogen) atoms. The van der Waals surface area contributed by atoms with E-state index >= 15 is 0 Å². The zero-order valence-corrected chi connectivity index (χ0v) is 40.4. The van der Waals surface area contributed by atoms with Crippen molar-refractivity contribution < 1.29 is 0 Å². The molecule has 1 aliphatic carbocycles. The molecule has 12 aromatic rings. The molecule has 340 valence electrons. The number of benzene rings is 11. The summed E-state index contributed by atoms with van der Waals surface area (Å²) in [4.78, 5) is 3.91. The third-order valence-electron chi connectivity index (χ3n) is 15.2. The fraction of sp³-hybridized carbons (Fsp3) is 0.0435. The van der Waals surface area contributed by atoms with Gasteiger partial charge in [-0.25, -0.2) is 0 Å². The van der Waals surface area contributed by atoms with Crippen LogP contribution in [0.15, 0.2) is 273 Å². The maximum atomic E-state index is 2.58. The average Bonchev–Trinajstić information content (AvgIpc) is 4.16. The van der Waals surface area contributed by atoms with Gasteiger partial charge in [0, 0.05) is 32.4 Å². The first-order valence-corrected chi connectivity index (χ1v) is 25.9. The van der Waals surface area contributed by atoms with Gasteiger partial charge in [0.15, 0.2) is 0 Å². The molecule has 0 saturated carbocycles. The third-order valence-corrected chi connectivity index (χ3v) is 16.5. The van der Waals surface area contributed by atoms with Crippen LogP contribution in [0.4, 0.5) is 11.4 Å². The second-order valence-electron chi connectivity index (χ2n) is 19.0. The Labute approximate surface area is 424 Å². The molecule has 3 heteroatoms. The van der Waals surface area contributed by atoms with Crippen LogP contribution in [0.2, 0.25) is 0 Å². The molecule has 1 aromatic heterocycles. The highest BCUT2D eigenvalue weighted by Gasteiger charge is 2.46. The van der Waals surface area contributed by atoms with Gasteiger partial charge in [0.05, 0.1) is 27.5 Å². The van der Waals surface area contributed by atoms with E-state index in [1.807, 2.05) is 11.8 Å². The van der Waals surface area contributed by atoms with E-state index in [9.17, 15) is 0 Å². The molecule has 0 amide bonds. The van der Waals surface area contributed by atoms with Crippen molar-refractivity contribution in [3.63, 3.8) is 0 Å². The van der Waals surface area contributed by atoms with Crippen molar-refractivity contribution in [3.8, 4) is 39.1 Å². The van der Waals surface area contributed by atoms with Crippen LogP contribution >= 0.6 is 11.8 Å². The van der Waals surface area contributed by atoms with E-state index in [0.29, 0.717) is 0 Å². The first-order valence-electron chi connectivity index (χ1n) is 25.0. The van der Waals surface area contributed by atoms with Gasteiger partial charge in [-0.1, -0.05) is 224 Å². The highest BCUT2D eigenvalue weighted by Crippen LogP contribution is 2.57. The van der Waals surface area contributed by atoms with Gasteiger partial charge in [-0.15, -0.1) is 11.8 Å². The molecule has 0 radical (unpaired) electrons. The smallest absolute Gasteiger partial charge is 0.0880 e.